The van der Waals surface area contributed by atoms with Gasteiger partial charge in [-0.1, -0.05) is 24.3 Å². The molecule has 34 heavy (non-hydrogen) atoms. The molecule has 0 atom stereocenters. The van der Waals surface area contributed by atoms with E-state index in [0.29, 0.717) is 28.1 Å². The largest absolute Gasteiger partial charge is 0.452 e. The zero-order chi connectivity index (χ0) is 24.5. The molecule has 3 aromatic rings. The van der Waals surface area contributed by atoms with Crippen molar-refractivity contribution in [3.05, 3.63) is 95.1 Å². The average molecular weight is 474 g/mol. The zero-order valence-corrected chi connectivity index (χ0v) is 19.6. The third-order valence-electron chi connectivity index (χ3n) is 4.74. The minimum atomic E-state index is -0.593. The maximum atomic E-state index is 12.6. The predicted molar refractivity (Wildman–Crippen MR) is 131 cm³/mol. The van der Waals surface area contributed by atoms with Crippen molar-refractivity contribution in [1.82, 2.24) is 4.90 Å². The normalized spacial score (nSPS) is 10.1. The predicted octanol–water partition coefficient (Wildman–Crippen LogP) is 4.35. The van der Waals surface area contributed by atoms with Gasteiger partial charge in [-0.25, -0.2) is 4.79 Å². The molecular formula is C26H23N3O4S. The Hall–Kier alpha value is -4.09. The summed E-state index contributed by atoms with van der Waals surface area (Å²) in [6.45, 7) is -0.439. The Morgan fingerprint density at radius 3 is 2.29 bits per heavy atom. The van der Waals surface area contributed by atoms with Crippen LogP contribution in [0.1, 0.15) is 31.8 Å². The number of thioether (sulfide) groups is 1. The molecule has 8 heteroatoms. The topological polar surface area (TPSA) is 99.5 Å². The van der Waals surface area contributed by atoms with Crippen molar-refractivity contribution in [3.8, 4) is 6.07 Å². The number of esters is 1. The van der Waals surface area contributed by atoms with Gasteiger partial charge in [-0.15, -0.1) is 11.8 Å². The first-order valence-corrected chi connectivity index (χ1v) is 11.4. The molecule has 0 aromatic heterocycles. The average Bonchev–Trinajstić information content (AvgIpc) is 2.86. The van der Waals surface area contributed by atoms with Crippen molar-refractivity contribution in [2.24, 2.45) is 0 Å². The number of carbonyl (C=O) groups is 3. The van der Waals surface area contributed by atoms with Crippen LogP contribution in [0.4, 0.5) is 5.69 Å². The van der Waals surface area contributed by atoms with Gasteiger partial charge in [-0.2, -0.15) is 5.26 Å². The minimum absolute atomic E-state index is 0.137. The molecule has 0 radical (unpaired) electrons. The Morgan fingerprint density at radius 2 is 1.65 bits per heavy atom. The second-order valence-electron chi connectivity index (χ2n) is 7.49. The number of nitrogens with one attached hydrogen (secondary N) is 1. The number of nitriles is 1. The van der Waals surface area contributed by atoms with Gasteiger partial charge < -0.3 is 15.0 Å². The summed E-state index contributed by atoms with van der Waals surface area (Å²) in [5, 5.41) is 11.6. The number of hydrogen-bond acceptors (Lipinski definition) is 6. The molecule has 3 aromatic carbocycles. The second-order valence-corrected chi connectivity index (χ2v) is 8.51. The van der Waals surface area contributed by atoms with E-state index in [4.69, 9.17) is 10.00 Å². The fraction of sp³-hybridized carbons (Fsp3) is 0.154. The number of nitrogens with zero attached hydrogens (tertiary/aromatic N) is 2. The molecule has 0 aliphatic rings. The first-order valence-electron chi connectivity index (χ1n) is 10.4. The summed E-state index contributed by atoms with van der Waals surface area (Å²) in [5.74, 6) is -0.599. The molecule has 172 valence electrons. The maximum Gasteiger partial charge on any atom is 0.339 e. The summed E-state index contributed by atoms with van der Waals surface area (Å²) >= 11 is 1.47. The summed E-state index contributed by atoms with van der Waals surface area (Å²) in [6.07, 6.45) is 0. The molecule has 0 saturated heterocycles. The molecule has 7 nitrogen and oxygen atoms in total. The molecule has 0 aliphatic heterocycles. The van der Waals surface area contributed by atoms with Crippen molar-refractivity contribution >= 4 is 35.2 Å². The van der Waals surface area contributed by atoms with Gasteiger partial charge in [0.1, 0.15) is 0 Å². The van der Waals surface area contributed by atoms with E-state index in [1.165, 1.54) is 16.7 Å². The zero-order valence-electron chi connectivity index (χ0n) is 18.8. The van der Waals surface area contributed by atoms with Crippen LogP contribution >= 0.6 is 11.8 Å². The van der Waals surface area contributed by atoms with E-state index in [9.17, 15) is 14.4 Å². The highest BCUT2D eigenvalue weighted by Gasteiger charge is 2.15. The summed E-state index contributed by atoms with van der Waals surface area (Å²) in [5.41, 5.74) is 2.98. The van der Waals surface area contributed by atoms with Crippen LogP contribution in [0, 0.1) is 11.3 Å². The first-order chi connectivity index (χ1) is 16.4. The maximum absolute atomic E-state index is 12.6. The minimum Gasteiger partial charge on any atom is -0.452 e. The van der Waals surface area contributed by atoms with Gasteiger partial charge in [-0.05, 0) is 54.1 Å². The van der Waals surface area contributed by atoms with Crippen LogP contribution < -0.4 is 5.32 Å². The lowest BCUT2D eigenvalue weighted by Gasteiger charge is -2.11. The molecule has 0 spiro atoms. The number of ether oxygens (including phenoxy) is 1. The van der Waals surface area contributed by atoms with Crippen molar-refractivity contribution in [1.29, 1.82) is 5.26 Å². The van der Waals surface area contributed by atoms with Crippen LogP contribution in [0.5, 0.6) is 0 Å². The van der Waals surface area contributed by atoms with Gasteiger partial charge in [0.25, 0.3) is 11.8 Å². The Morgan fingerprint density at radius 1 is 0.971 bits per heavy atom. The van der Waals surface area contributed by atoms with E-state index in [1.54, 1.807) is 62.6 Å². The number of amides is 2. The molecule has 0 bridgehead atoms. The third kappa shape index (κ3) is 6.70. The SMILES string of the molecule is CN(C)C(=O)c1ccc(NC(=O)COC(=O)c2ccccc2SCc2ccc(C#N)cc2)cc1. The van der Waals surface area contributed by atoms with Crippen LogP contribution in [-0.2, 0) is 15.3 Å². The quantitative estimate of drug-likeness (QED) is 0.386. The summed E-state index contributed by atoms with van der Waals surface area (Å²) in [6, 6.07) is 22.8. The third-order valence-corrected chi connectivity index (χ3v) is 5.89. The molecule has 0 fully saturated rings. The van der Waals surface area contributed by atoms with Gasteiger partial charge >= 0.3 is 5.97 Å². The lowest BCUT2D eigenvalue weighted by molar-refractivity contribution is -0.119. The fourth-order valence-corrected chi connectivity index (χ4v) is 3.95. The highest BCUT2D eigenvalue weighted by Crippen LogP contribution is 2.27. The second kappa shape index (κ2) is 11.7. The monoisotopic (exact) mass is 473 g/mol. The van der Waals surface area contributed by atoms with Crippen LogP contribution in [0.15, 0.2) is 77.7 Å². The van der Waals surface area contributed by atoms with E-state index >= 15 is 0 Å². The Bertz CT molecular complexity index is 1220. The number of hydrogen-bond donors (Lipinski definition) is 1. The van der Waals surface area contributed by atoms with Crippen molar-refractivity contribution in [3.63, 3.8) is 0 Å². The van der Waals surface area contributed by atoms with Crippen molar-refractivity contribution in [2.75, 3.05) is 26.0 Å². The molecule has 0 unspecified atom stereocenters. The fourth-order valence-electron chi connectivity index (χ4n) is 2.96. The molecule has 0 heterocycles. The van der Waals surface area contributed by atoms with Crippen molar-refractivity contribution in [2.45, 2.75) is 10.6 Å². The Kier molecular flexibility index (Phi) is 8.43. The number of rotatable bonds is 8. The molecule has 0 saturated carbocycles. The van der Waals surface area contributed by atoms with E-state index in [1.807, 2.05) is 24.3 Å². The van der Waals surface area contributed by atoms with Gasteiger partial charge in [0, 0.05) is 36.0 Å². The van der Waals surface area contributed by atoms with Crippen LogP contribution in [0.3, 0.4) is 0 Å². The Labute approximate surface area is 202 Å². The van der Waals surface area contributed by atoms with Crippen LogP contribution in [0.25, 0.3) is 0 Å². The van der Waals surface area contributed by atoms with Crippen LogP contribution in [0.2, 0.25) is 0 Å². The Balaban J connectivity index is 1.54. The van der Waals surface area contributed by atoms with E-state index in [2.05, 4.69) is 11.4 Å². The van der Waals surface area contributed by atoms with Crippen LogP contribution in [-0.4, -0.2) is 43.4 Å². The highest BCUT2D eigenvalue weighted by atomic mass is 32.2. The standard InChI is InChI=1S/C26H23N3O4S/c1-29(2)25(31)20-11-13-21(14-12-20)28-24(30)16-33-26(32)22-5-3-4-6-23(22)34-17-19-9-7-18(15-27)8-10-19/h3-14H,16-17H2,1-2H3,(H,28,30). The lowest BCUT2D eigenvalue weighted by atomic mass is 10.2. The lowest BCUT2D eigenvalue weighted by Crippen LogP contribution is -2.22. The van der Waals surface area contributed by atoms with Gasteiger partial charge in [-0.3, -0.25) is 9.59 Å². The molecule has 3 rings (SSSR count). The summed E-state index contributed by atoms with van der Waals surface area (Å²) < 4.78 is 5.22. The van der Waals surface area contributed by atoms with E-state index < -0.39 is 18.5 Å². The summed E-state index contributed by atoms with van der Waals surface area (Å²) in [4.78, 5) is 39.0. The van der Waals surface area contributed by atoms with Gasteiger partial charge in [0.2, 0.25) is 0 Å². The number of anilines is 1. The van der Waals surface area contributed by atoms with Gasteiger partial charge in [0.15, 0.2) is 6.61 Å². The molecular weight excluding hydrogens is 450 g/mol. The highest BCUT2D eigenvalue weighted by molar-refractivity contribution is 7.98. The molecule has 2 amide bonds. The first kappa shape index (κ1) is 24.6. The number of carbonyl (C=O) groups excluding carboxylic acids is 3. The van der Waals surface area contributed by atoms with Crippen molar-refractivity contribution < 1.29 is 19.1 Å². The van der Waals surface area contributed by atoms with E-state index in [0.717, 1.165) is 10.5 Å². The smallest absolute Gasteiger partial charge is 0.339 e. The molecule has 1 N–H and O–H groups in total. The number of benzene rings is 3. The van der Waals surface area contributed by atoms with Gasteiger partial charge in [0.05, 0.1) is 17.2 Å². The summed E-state index contributed by atoms with van der Waals surface area (Å²) in [7, 11) is 3.33. The molecule has 0 aliphatic carbocycles. The van der Waals surface area contributed by atoms with E-state index in [-0.39, 0.29) is 5.91 Å².